The van der Waals surface area contributed by atoms with Crippen LogP contribution in [-0.2, 0) is 12.7 Å². The molecule has 3 heterocycles. The molecule has 1 N–H and O–H groups in total. The molecule has 1 saturated heterocycles. The van der Waals surface area contributed by atoms with Crippen LogP contribution in [0.15, 0.2) is 60.9 Å². The molecule has 6 nitrogen and oxygen atoms in total. The van der Waals surface area contributed by atoms with Crippen LogP contribution >= 0.6 is 0 Å². The quantitative estimate of drug-likeness (QED) is 0.648. The minimum Gasteiger partial charge on any atom is -0.491 e. The third-order valence-electron chi connectivity index (χ3n) is 6.18. The Morgan fingerprint density at radius 1 is 1.00 bits per heavy atom. The lowest BCUT2D eigenvalue weighted by Gasteiger charge is -2.41. The monoisotopic (exact) mass is 456 g/mol. The summed E-state index contributed by atoms with van der Waals surface area (Å²) in [4.78, 5) is 12.8. The largest absolute Gasteiger partial charge is 0.491 e. The van der Waals surface area contributed by atoms with E-state index >= 15 is 0 Å². The number of alkyl halides is 3. The van der Waals surface area contributed by atoms with E-state index in [9.17, 15) is 18.3 Å². The maximum Gasteiger partial charge on any atom is 0.416 e. The number of aromatic nitrogens is 2. The summed E-state index contributed by atoms with van der Waals surface area (Å²) in [5, 5.41) is 11.2. The van der Waals surface area contributed by atoms with Gasteiger partial charge in [-0.15, -0.1) is 0 Å². The average Bonchev–Trinajstić information content (AvgIpc) is 2.95. The van der Waals surface area contributed by atoms with Gasteiger partial charge >= 0.3 is 6.18 Å². The second kappa shape index (κ2) is 8.74. The van der Waals surface area contributed by atoms with Crippen LogP contribution in [0.2, 0.25) is 0 Å². The summed E-state index contributed by atoms with van der Waals surface area (Å²) in [5.74, 6) is 1.34. The van der Waals surface area contributed by atoms with Crippen LogP contribution in [-0.4, -0.2) is 57.2 Å². The number of hydrogen-bond donors (Lipinski definition) is 1. The average molecular weight is 456 g/mol. The Morgan fingerprint density at radius 2 is 1.73 bits per heavy atom. The number of fused-ring (bicyclic) bond motifs is 2. The molecule has 1 aromatic heterocycles. The number of benzene rings is 2. The molecule has 33 heavy (non-hydrogen) atoms. The number of halogens is 3. The van der Waals surface area contributed by atoms with Gasteiger partial charge in [-0.2, -0.15) is 13.2 Å². The molecular formula is C24H23F3N4O2. The lowest BCUT2D eigenvalue weighted by molar-refractivity contribution is -0.137. The van der Waals surface area contributed by atoms with Gasteiger partial charge in [0.15, 0.2) is 0 Å². The van der Waals surface area contributed by atoms with E-state index in [1.54, 1.807) is 36.7 Å². The van der Waals surface area contributed by atoms with Crippen molar-refractivity contribution in [1.29, 1.82) is 0 Å². The first kappa shape index (κ1) is 21.8. The van der Waals surface area contributed by atoms with E-state index in [2.05, 4.69) is 14.9 Å². The summed E-state index contributed by atoms with van der Waals surface area (Å²) >= 11 is 0. The molecule has 2 aliphatic rings. The zero-order valence-electron chi connectivity index (χ0n) is 17.7. The Hall–Kier alpha value is -3.01. The highest BCUT2D eigenvalue weighted by Gasteiger charge is 2.36. The van der Waals surface area contributed by atoms with E-state index in [1.165, 1.54) is 12.1 Å². The zero-order chi connectivity index (χ0) is 23.0. The summed E-state index contributed by atoms with van der Waals surface area (Å²) in [7, 11) is 0. The van der Waals surface area contributed by atoms with Crippen LogP contribution in [0.4, 0.5) is 13.2 Å². The third-order valence-corrected chi connectivity index (χ3v) is 6.18. The fourth-order valence-electron chi connectivity index (χ4n) is 4.44. The highest BCUT2D eigenvalue weighted by molar-refractivity contribution is 5.66. The van der Waals surface area contributed by atoms with Crippen LogP contribution in [0.3, 0.4) is 0 Å². The van der Waals surface area contributed by atoms with Crippen molar-refractivity contribution in [3.63, 3.8) is 0 Å². The summed E-state index contributed by atoms with van der Waals surface area (Å²) in [6, 6.07) is 12.2. The van der Waals surface area contributed by atoms with Crippen molar-refractivity contribution in [2.45, 2.75) is 25.0 Å². The van der Waals surface area contributed by atoms with Crippen molar-refractivity contribution >= 4 is 0 Å². The molecule has 9 heteroatoms. The number of aliphatic hydroxyl groups is 1. The molecule has 1 unspecified atom stereocenters. The number of piperazine rings is 1. The standard InChI is InChI=1S/C24H23F3N4O2/c25-24(26,27)18-5-2-16(3-6-18)17-4-7-21-20(12-17)23(32)31-11-10-30(13-19(31)15-33-21)14-22-28-8-1-9-29-22/h1-9,12,19,23,32H,10-11,13-15H2/t19-,23?/m0/s1. The maximum atomic E-state index is 12.9. The predicted molar refractivity (Wildman–Crippen MR) is 115 cm³/mol. The maximum absolute atomic E-state index is 12.9. The molecule has 2 atom stereocenters. The normalized spacial score (nSPS) is 21.6. The van der Waals surface area contributed by atoms with Gasteiger partial charge in [0, 0.05) is 37.6 Å². The van der Waals surface area contributed by atoms with Gasteiger partial charge in [0.2, 0.25) is 0 Å². The van der Waals surface area contributed by atoms with Crippen LogP contribution in [0.25, 0.3) is 11.1 Å². The van der Waals surface area contributed by atoms with Gasteiger partial charge in [-0.3, -0.25) is 9.80 Å². The minimum atomic E-state index is -4.37. The fourth-order valence-corrected chi connectivity index (χ4v) is 4.44. The van der Waals surface area contributed by atoms with E-state index in [1.807, 2.05) is 4.90 Å². The lowest BCUT2D eigenvalue weighted by atomic mass is 10.00. The Kier molecular flexibility index (Phi) is 5.77. The van der Waals surface area contributed by atoms with E-state index in [0.29, 0.717) is 43.1 Å². The molecule has 0 amide bonds. The molecule has 0 saturated carbocycles. The van der Waals surface area contributed by atoms with Crippen molar-refractivity contribution in [1.82, 2.24) is 19.8 Å². The molecular weight excluding hydrogens is 433 g/mol. The highest BCUT2D eigenvalue weighted by Crippen LogP contribution is 2.37. The van der Waals surface area contributed by atoms with Crippen LogP contribution < -0.4 is 4.74 Å². The van der Waals surface area contributed by atoms with Gasteiger partial charge in [-0.1, -0.05) is 18.2 Å². The molecule has 5 rings (SSSR count). The molecule has 0 aliphatic carbocycles. The topological polar surface area (TPSA) is 61.7 Å². The van der Waals surface area contributed by atoms with E-state index in [0.717, 1.165) is 30.1 Å². The molecule has 2 aliphatic heterocycles. The van der Waals surface area contributed by atoms with Crippen molar-refractivity contribution in [3.05, 3.63) is 77.9 Å². The van der Waals surface area contributed by atoms with E-state index in [-0.39, 0.29) is 6.04 Å². The highest BCUT2D eigenvalue weighted by atomic mass is 19.4. The first-order chi connectivity index (χ1) is 15.9. The van der Waals surface area contributed by atoms with Crippen LogP contribution in [0.5, 0.6) is 5.75 Å². The Morgan fingerprint density at radius 3 is 2.45 bits per heavy atom. The summed E-state index contributed by atoms with van der Waals surface area (Å²) in [6.45, 7) is 3.16. The van der Waals surface area contributed by atoms with Crippen LogP contribution in [0.1, 0.15) is 23.2 Å². The van der Waals surface area contributed by atoms with Crippen molar-refractivity contribution in [2.75, 3.05) is 26.2 Å². The van der Waals surface area contributed by atoms with E-state index in [4.69, 9.17) is 4.74 Å². The molecule has 0 radical (unpaired) electrons. The summed E-state index contributed by atoms with van der Waals surface area (Å²) < 4.78 is 44.7. The van der Waals surface area contributed by atoms with Crippen molar-refractivity contribution in [3.8, 4) is 16.9 Å². The number of aliphatic hydroxyl groups excluding tert-OH is 1. The van der Waals surface area contributed by atoms with Crippen molar-refractivity contribution in [2.24, 2.45) is 0 Å². The summed E-state index contributed by atoms with van der Waals surface area (Å²) in [5.41, 5.74) is 1.30. The third kappa shape index (κ3) is 4.57. The number of hydrogen-bond acceptors (Lipinski definition) is 6. The fraction of sp³-hybridized carbons (Fsp3) is 0.333. The smallest absolute Gasteiger partial charge is 0.416 e. The zero-order valence-corrected chi connectivity index (χ0v) is 17.7. The lowest BCUT2D eigenvalue weighted by Crippen LogP contribution is -2.55. The number of ether oxygens (including phenoxy) is 1. The molecule has 1 fully saturated rings. The Bertz CT molecular complexity index is 1110. The van der Waals surface area contributed by atoms with Gasteiger partial charge in [0.05, 0.1) is 18.2 Å². The van der Waals surface area contributed by atoms with Crippen molar-refractivity contribution < 1.29 is 23.0 Å². The van der Waals surface area contributed by atoms with Gasteiger partial charge in [0.1, 0.15) is 24.4 Å². The van der Waals surface area contributed by atoms with E-state index < -0.39 is 18.0 Å². The Balaban J connectivity index is 1.34. The first-order valence-corrected chi connectivity index (χ1v) is 10.7. The number of nitrogens with zero attached hydrogens (tertiary/aromatic N) is 4. The van der Waals surface area contributed by atoms with Gasteiger partial charge in [-0.25, -0.2) is 9.97 Å². The van der Waals surface area contributed by atoms with Gasteiger partial charge in [0.25, 0.3) is 0 Å². The van der Waals surface area contributed by atoms with Gasteiger partial charge in [-0.05, 0) is 41.5 Å². The summed E-state index contributed by atoms with van der Waals surface area (Å²) in [6.07, 6.45) is -1.79. The molecule has 172 valence electrons. The van der Waals surface area contributed by atoms with Crippen LogP contribution in [0, 0.1) is 0 Å². The Labute approximate surface area is 189 Å². The predicted octanol–water partition coefficient (Wildman–Crippen LogP) is 3.73. The first-order valence-electron chi connectivity index (χ1n) is 10.7. The minimum absolute atomic E-state index is 0.0145. The molecule has 0 spiro atoms. The molecule has 0 bridgehead atoms. The second-order valence-electron chi connectivity index (χ2n) is 8.30. The van der Waals surface area contributed by atoms with Gasteiger partial charge < -0.3 is 9.84 Å². The second-order valence-corrected chi connectivity index (χ2v) is 8.30. The molecule has 2 aromatic carbocycles. The number of rotatable bonds is 3. The molecule has 3 aromatic rings. The SMILES string of the molecule is OC1c2cc(-c3ccc(C(F)(F)F)cc3)ccc2OC[C@@H]2CN(Cc3ncccn3)CCN12.